The summed E-state index contributed by atoms with van der Waals surface area (Å²) in [4.78, 5) is 16.3. The molecule has 41 heavy (non-hydrogen) atoms. The number of fused-ring (bicyclic) bond motifs is 2. The van der Waals surface area contributed by atoms with E-state index in [9.17, 15) is 23.6 Å². The molecule has 1 unspecified atom stereocenters. The molecule has 1 aliphatic heterocycles. The Bertz CT molecular complexity index is 1870. The van der Waals surface area contributed by atoms with Gasteiger partial charge in [-0.25, -0.2) is 13.4 Å². The standard InChI is InChI=1S/C29H28N6O5S/c1-17-10-25-28(31-14-17)40-29(7-8-29)16-34(41(25,38)39)15-22-11-20(4-5-21(22)13-30)24(12-26(36)37)23-6-9-35-19(3)32-33-27(35)18(23)2/h4-6,9-11,14,24H,7-8,12,15-16H2,1-3H3,(H,36,37). The van der Waals surface area contributed by atoms with Gasteiger partial charge in [0.05, 0.1) is 24.6 Å². The Morgan fingerprint density at radius 2 is 1.98 bits per heavy atom. The van der Waals surface area contributed by atoms with E-state index in [1.165, 1.54) is 4.31 Å². The van der Waals surface area contributed by atoms with Crippen molar-refractivity contribution in [1.82, 2.24) is 23.9 Å². The summed E-state index contributed by atoms with van der Waals surface area (Å²) in [6, 6.07) is 10.7. The van der Waals surface area contributed by atoms with Crippen molar-refractivity contribution >= 4 is 21.6 Å². The van der Waals surface area contributed by atoms with Crippen LogP contribution in [-0.4, -0.2) is 55.5 Å². The summed E-state index contributed by atoms with van der Waals surface area (Å²) >= 11 is 0. The molecular formula is C29H28N6O5S. The third-order valence-corrected chi connectivity index (χ3v) is 9.74. The lowest BCUT2D eigenvalue weighted by molar-refractivity contribution is -0.137. The van der Waals surface area contributed by atoms with Gasteiger partial charge >= 0.3 is 5.97 Å². The quantitative estimate of drug-likeness (QED) is 0.365. The minimum atomic E-state index is -4.00. The van der Waals surface area contributed by atoms with E-state index < -0.39 is 27.5 Å². The summed E-state index contributed by atoms with van der Waals surface area (Å²) in [5.41, 5.74) is 3.70. The summed E-state index contributed by atoms with van der Waals surface area (Å²) in [5.74, 6) is -0.734. The van der Waals surface area contributed by atoms with Crippen molar-refractivity contribution in [2.24, 2.45) is 0 Å². The Hall–Kier alpha value is -4.34. The summed E-state index contributed by atoms with van der Waals surface area (Å²) < 4.78 is 37.1. The number of nitriles is 1. The topological polar surface area (TPSA) is 151 Å². The van der Waals surface area contributed by atoms with Crippen molar-refractivity contribution < 1.29 is 23.1 Å². The van der Waals surface area contributed by atoms with Crippen molar-refractivity contribution in [3.05, 3.63) is 81.9 Å². The van der Waals surface area contributed by atoms with Crippen LogP contribution < -0.4 is 4.74 Å². The molecule has 6 rings (SSSR count). The van der Waals surface area contributed by atoms with Crippen LogP contribution in [0.2, 0.25) is 0 Å². The molecular weight excluding hydrogens is 544 g/mol. The van der Waals surface area contributed by atoms with E-state index in [0.717, 1.165) is 11.1 Å². The van der Waals surface area contributed by atoms with Gasteiger partial charge in [-0.2, -0.15) is 9.57 Å². The molecule has 1 saturated carbocycles. The van der Waals surface area contributed by atoms with E-state index in [1.807, 2.05) is 30.5 Å². The number of sulfonamides is 1. The normalized spacial score (nSPS) is 17.8. The second-order valence-electron chi connectivity index (χ2n) is 10.9. The highest BCUT2D eigenvalue weighted by atomic mass is 32.2. The Morgan fingerprint density at radius 3 is 2.68 bits per heavy atom. The van der Waals surface area contributed by atoms with Crippen LogP contribution in [0.25, 0.3) is 5.65 Å². The molecule has 0 radical (unpaired) electrons. The SMILES string of the molecule is Cc1cnc2c(c1)S(=O)(=O)N(Cc1cc(C(CC(=O)O)c3ccn4c(C)nnc4c3C)ccc1C#N)CC1(CC1)O2. The number of ether oxygens (including phenoxy) is 1. The van der Waals surface area contributed by atoms with Gasteiger partial charge in [0.2, 0.25) is 15.9 Å². The van der Waals surface area contributed by atoms with Gasteiger partial charge in [0.15, 0.2) is 5.65 Å². The number of carboxylic acids is 1. The van der Waals surface area contributed by atoms with Crippen molar-refractivity contribution in [2.75, 3.05) is 6.54 Å². The van der Waals surface area contributed by atoms with Gasteiger partial charge in [0.1, 0.15) is 16.3 Å². The van der Waals surface area contributed by atoms with Gasteiger partial charge in [-0.05, 0) is 79.6 Å². The molecule has 11 nitrogen and oxygen atoms in total. The molecule has 0 bridgehead atoms. The maximum Gasteiger partial charge on any atom is 0.304 e. The zero-order valence-electron chi connectivity index (χ0n) is 22.8. The third-order valence-electron chi connectivity index (χ3n) is 7.95. The van der Waals surface area contributed by atoms with Crippen molar-refractivity contribution in [3.8, 4) is 11.9 Å². The summed E-state index contributed by atoms with van der Waals surface area (Å²) in [6.45, 7) is 5.54. The van der Waals surface area contributed by atoms with Crippen LogP contribution in [0.1, 0.15) is 64.4 Å². The van der Waals surface area contributed by atoms with Gasteiger partial charge in [-0.15, -0.1) is 10.2 Å². The molecule has 1 aromatic carbocycles. The molecule has 1 spiro atoms. The van der Waals surface area contributed by atoms with Gasteiger partial charge in [0.25, 0.3) is 0 Å². The van der Waals surface area contributed by atoms with Gasteiger partial charge in [-0.1, -0.05) is 12.1 Å². The van der Waals surface area contributed by atoms with Crippen LogP contribution in [0.15, 0.2) is 47.6 Å². The Labute approximate surface area is 237 Å². The molecule has 1 N–H and O–H groups in total. The minimum absolute atomic E-state index is 0.00668. The average Bonchev–Trinajstić information content (AvgIpc) is 3.60. The van der Waals surface area contributed by atoms with Gasteiger partial charge < -0.3 is 9.84 Å². The van der Waals surface area contributed by atoms with E-state index >= 15 is 0 Å². The minimum Gasteiger partial charge on any atom is -0.481 e. The predicted molar refractivity (Wildman–Crippen MR) is 147 cm³/mol. The maximum atomic E-state index is 13.9. The zero-order chi connectivity index (χ0) is 29.1. The van der Waals surface area contributed by atoms with Crippen molar-refractivity contribution in [2.45, 2.75) is 63.0 Å². The average molecular weight is 573 g/mol. The lowest BCUT2D eigenvalue weighted by atomic mass is 9.85. The van der Waals surface area contributed by atoms with Gasteiger partial charge in [-0.3, -0.25) is 9.20 Å². The van der Waals surface area contributed by atoms with Crippen LogP contribution in [0.3, 0.4) is 0 Å². The molecule has 0 amide bonds. The molecule has 1 aliphatic carbocycles. The first-order valence-corrected chi connectivity index (χ1v) is 14.7. The van der Waals surface area contributed by atoms with E-state index in [-0.39, 0.29) is 30.3 Å². The van der Waals surface area contributed by atoms with Crippen LogP contribution in [0.4, 0.5) is 0 Å². The first-order chi connectivity index (χ1) is 19.5. The number of carbonyl (C=O) groups is 1. The molecule has 0 saturated heterocycles. The number of benzene rings is 1. The highest BCUT2D eigenvalue weighted by Gasteiger charge is 2.52. The summed E-state index contributed by atoms with van der Waals surface area (Å²) in [6.07, 6.45) is 4.60. The van der Waals surface area contributed by atoms with Crippen LogP contribution in [0.5, 0.6) is 5.88 Å². The molecule has 4 aromatic rings. The zero-order valence-corrected chi connectivity index (χ0v) is 23.6. The van der Waals surface area contributed by atoms with Crippen LogP contribution in [-0.2, 0) is 21.4 Å². The van der Waals surface area contributed by atoms with E-state index in [1.54, 1.807) is 37.4 Å². The number of pyridine rings is 2. The summed E-state index contributed by atoms with van der Waals surface area (Å²) in [5, 5.41) is 28.2. The number of aliphatic carboxylic acids is 1. The van der Waals surface area contributed by atoms with E-state index in [2.05, 4.69) is 21.3 Å². The number of rotatable bonds is 6. The first-order valence-electron chi connectivity index (χ1n) is 13.2. The number of hydrogen-bond acceptors (Lipinski definition) is 8. The van der Waals surface area contributed by atoms with E-state index in [4.69, 9.17) is 4.74 Å². The number of carboxylic acid groups (broad SMARTS) is 1. The molecule has 2 aliphatic rings. The number of hydrogen-bond donors (Lipinski definition) is 1. The highest BCUT2D eigenvalue weighted by Crippen LogP contribution is 2.46. The van der Waals surface area contributed by atoms with Crippen LogP contribution in [0, 0.1) is 32.1 Å². The number of aryl methyl sites for hydroxylation is 3. The molecule has 1 atom stereocenters. The Kier molecular flexibility index (Phi) is 6.32. The fourth-order valence-corrected chi connectivity index (χ4v) is 7.19. The fourth-order valence-electron chi connectivity index (χ4n) is 5.55. The second kappa shape index (κ2) is 9.64. The predicted octanol–water partition coefficient (Wildman–Crippen LogP) is 3.64. The number of nitrogens with zero attached hydrogens (tertiary/aromatic N) is 6. The summed E-state index contributed by atoms with van der Waals surface area (Å²) in [7, 11) is -4.00. The van der Waals surface area contributed by atoms with Crippen molar-refractivity contribution in [1.29, 1.82) is 5.26 Å². The smallest absolute Gasteiger partial charge is 0.304 e. The van der Waals surface area contributed by atoms with Crippen molar-refractivity contribution in [3.63, 3.8) is 0 Å². The number of aromatic nitrogens is 4. The monoisotopic (exact) mass is 572 g/mol. The lowest BCUT2D eigenvalue weighted by Gasteiger charge is -2.24. The van der Waals surface area contributed by atoms with E-state index in [0.29, 0.717) is 46.6 Å². The molecule has 12 heteroatoms. The molecule has 4 heterocycles. The second-order valence-corrected chi connectivity index (χ2v) is 12.8. The first kappa shape index (κ1) is 26.9. The lowest BCUT2D eigenvalue weighted by Crippen LogP contribution is -2.38. The molecule has 3 aromatic heterocycles. The van der Waals surface area contributed by atoms with Gasteiger partial charge in [0, 0.05) is 24.9 Å². The fraction of sp³-hybridized carbons (Fsp3) is 0.345. The largest absolute Gasteiger partial charge is 0.481 e. The third kappa shape index (κ3) is 4.71. The molecule has 210 valence electrons. The maximum absolute atomic E-state index is 13.9. The van der Waals surface area contributed by atoms with Crippen LogP contribution >= 0.6 is 0 Å². The molecule has 1 fully saturated rings. The Balaban J connectivity index is 1.43. The highest BCUT2D eigenvalue weighted by molar-refractivity contribution is 7.89. The Morgan fingerprint density at radius 1 is 1.20 bits per heavy atom.